The smallest absolute Gasteiger partial charge is 0.253 e. The largest absolute Gasteiger partial charge is 0.338 e. The van der Waals surface area contributed by atoms with Crippen LogP contribution in [0.2, 0.25) is 5.02 Å². The van der Waals surface area contributed by atoms with Crippen LogP contribution in [0.1, 0.15) is 23.2 Å². The first-order valence-corrected chi connectivity index (χ1v) is 7.62. The maximum atomic E-state index is 12.3. The number of rotatable bonds is 3. The summed E-state index contributed by atoms with van der Waals surface area (Å²) in [4.78, 5) is 14.2. The van der Waals surface area contributed by atoms with E-state index in [0.29, 0.717) is 22.4 Å². The molecule has 1 aromatic rings. The van der Waals surface area contributed by atoms with Crippen molar-refractivity contribution in [3.8, 4) is 0 Å². The molecule has 2 rings (SSSR count). The van der Waals surface area contributed by atoms with Gasteiger partial charge in [0.2, 0.25) is 0 Å². The fraction of sp³-hybridized carbons (Fsp3) is 0.462. The lowest BCUT2D eigenvalue weighted by Gasteiger charge is -2.16. The summed E-state index contributed by atoms with van der Waals surface area (Å²) >= 11 is 15.0. The van der Waals surface area contributed by atoms with Crippen molar-refractivity contribution in [3.63, 3.8) is 0 Å². The highest BCUT2D eigenvalue weighted by Gasteiger charge is 2.26. The number of carbonyl (C=O) groups is 1. The third kappa shape index (κ3) is 3.19. The molecule has 5 heteroatoms. The number of halogens is 3. The monoisotopic (exact) mass is 349 g/mol. The van der Waals surface area contributed by atoms with Gasteiger partial charge in [0.25, 0.3) is 5.91 Å². The van der Waals surface area contributed by atoms with E-state index in [0.717, 1.165) is 30.4 Å². The van der Waals surface area contributed by atoms with Gasteiger partial charge < -0.3 is 4.90 Å². The van der Waals surface area contributed by atoms with Gasteiger partial charge in [-0.1, -0.05) is 11.6 Å². The van der Waals surface area contributed by atoms with Crippen LogP contribution in [0, 0.1) is 5.92 Å². The highest BCUT2D eigenvalue weighted by molar-refractivity contribution is 9.10. The minimum absolute atomic E-state index is 0.0736. The summed E-state index contributed by atoms with van der Waals surface area (Å²) in [6.07, 6.45) is 2.03. The van der Waals surface area contributed by atoms with Crippen molar-refractivity contribution in [1.82, 2.24) is 4.90 Å². The molecule has 1 fully saturated rings. The molecule has 98 valence electrons. The standard InChI is InChI=1S/C13H14BrCl2NO/c14-11-7-10(1-2-12(11)16)13(18)17-6-4-9(8-17)3-5-15/h1-2,7,9H,3-6,8H2. The molecule has 1 unspecified atom stereocenters. The molecule has 18 heavy (non-hydrogen) atoms. The van der Waals surface area contributed by atoms with E-state index in [1.807, 2.05) is 4.90 Å². The average Bonchev–Trinajstić information content (AvgIpc) is 2.81. The summed E-state index contributed by atoms with van der Waals surface area (Å²) in [7, 11) is 0. The topological polar surface area (TPSA) is 20.3 Å². The van der Waals surface area contributed by atoms with Crippen LogP contribution in [0.5, 0.6) is 0 Å². The first-order valence-electron chi connectivity index (χ1n) is 5.92. The maximum Gasteiger partial charge on any atom is 0.253 e. The molecule has 1 aliphatic rings. The third-order valence-electron chi connectivity index (χ3n) is 3.26. The Labute approximate surface area is 125 Å². The van der Waals surface area contributed by atoms with Gasteiger partial charge in [-0.15, -0.1) is 11.6 Å². The molecule has 0 aliphatic carbocycles. The quantitative estimate of drug-likeness (QED) is 0.748. The zero-order valence-electron chi connectivity index (χ0n) is 9.83. The molecule has 1 atom stereocenters. The van der Waals surface area contributed by atoms with Gasteiger partial charge in [0.1, 0.15) is 0 Å². The van der Waals surface area contributed by atoms with Crippen molar-refractivity contribution in [1.29, 1.82) is 0 Å². The number of benzene rings is 1. The van der Waals surface area contributed by atoms with Gasteiger partial charge in [-0.3, -0.25) is 4.79 Å². The molecule has 0 bridgehead atoms. The van der Waals surface area contributed by atoms with Gasteiger partial charge in [-0.05, 0) is 52.9 Å². The predicted octanol–water partition coefficient (Wildman–Crippen LogP) is 4.19. The SMILES string of the molecule is O=C(c1ccc(Cl)c(Br)c1)N1CCC(CCCl)C1. The maximum absolute atomic E-state index is 12.3. The molecule has 1 saturated heterocycles. The number of hydrogen-bond acceptors (Lipinski definition) is 1. The Bertz CT molecular complexity index is 453. The van der Waals surface area contributed by atoms with Crippen LogP contribution in [0.3, 0.4) is 0 Å². The molecular weight excluding hydrogens is 337 g/mol. The first kappa shape index (κ1) is 14.2. The van der Waals surface area contributed by atoms with Crippen LogP contribution in [-0.2, 0) is 0 Å². The van der Waals surface area contributed by atoms with E-state index in [2.05, 4.69) is 15.9 Å². The van der Waals surface area contributed by atoms with E-state index < -0.39 is 0 Å². The normalized spacial score (nSPS) is 19.3. The molecule has 0 saturated carbocycles. The number of likely N-dealkylation sites (tertiary alicyclic amines) is 1. The van der Waals surface area contributed by atoms with E-state index in [-0.39, 0.29) is 5.91 Å². The van der Waals surface area contributed by atoms with Gasteiger partial charge in [-0.25, -0.2) is 0 Å². The number of amides is 1. The zero-order chi connectivity index (χ0) is 13.1. The number of hydrogen-bond donors (Lipinski definition) is 0. The Morgan fingerprint density at radius 1 is 1.50 bits per heavy atom. The molecule has 1 amide bonds. The summed E-state index contributed by atoms with van der Waals surface area (Å²) in [5.74, 6) is 1.28. The van der Waals surface area contributed by atoms with Crippen LogP contribution in [0.25, 0.3) is 0 Å². The van der Waals surface area contributed by atoms with Crippen molar-refractivity contribution in [2.24, 2.45) is 5.92 Å². The lowest BCUT2D eigenvalue weighted by atomic mass is 10.1. The van der Waals surface area contributed by atoms with Crippen molar-refractivity contribution in [2.75, 3.05) is 19.0 Å². The van der Waals surface area contributed by atoms with Crippen molar-refractivity contribution in [2.45, 2.75) is 12.8 Å². The number of nitrogens with zero attached hydrogens (tertiary/aromatic N) is 1. The molecule has 2 nitrogen and oxygen atoms in total. The van der Waals surface area contributed by atoms with Crippen LogP contribution in [0.15, 0.2) is 22.7 Å². The number of alkyl halides is 1. The van der Waals surface area contributed by atoms with E-state index >= 15 is 0 Å². The van der Waals surface area contributed by atoms with Crippen LogP contribution in [0.4, 0.5) is 0 Å². The summed E-state index contributed by atoms with van der Waals surface area (Å²) in [5, 5.41) is 0.619. The second-order valence-corrected chi connectivity index (χ2v) is 6.15. The Morgan fingerprint density at radius 2 is 2.28 bits per heavy atom. The first-order chi connectivity index (χ1) is 8.61. The second kappa shape index (κ2) is 6.27. The molecule has 1 heterocycles. The second-order valence-electron chi connectivity index (χ2n) is 4.51. The van der Waals surface area contributed by atoms with E-state index in [4.69, 9.17) is 23.2 Å². The Kier molecular flexibility index (Phi) is 4.93. The van der Waals surface area contributed by atoms with Crippen molar-refractivity contribution < 1.29 is 4.79 Å². The van der Waals surface area contributed by atoms with Gasteiger partial charge in [0.05, 0.1) is 5.02 Å². The predicted molar refractivity (Wildman–Crippen MR) is 78.5 cm³/mol. The highest BCUT2D eigenvalue weighted by atomic mass is 79.9. The minimum atomic E-state index is 0.0736. The summed E-state index contributed by atoms with van der Waals surface area (Å²) in [5.41, 5.74) is 0.679. The van der Waals surface area contributed by atoms with E-state index in [9.17, 15) is 4.79 Å². The number of carbonyl (C=O) groups excluding carboxylic acids is 1. The fourth-order valence-electron chi connectivity index (χ4n) is 2.22. The summed E-state index contributed by atoms with van der Waals surface area (Å²) in [6, 6.07) is 5.29. The average molecular weight is 351 g/mol. The molecule has 1 aliphatic heterocycles. The third-order valence-corrected chi connectivity index (χ3v) is 4.69. The molecule has 0 aromatic heterocycles. The fourth-order valence-corrected chi connectivity index (χ4v) is 3.02. The molecule has 0 spiro atoms. The van der Waals surface area contributed by atoms with Crippen molar-refractivity contribution >= 4 is 45.0 Å². The minimum Gasteiger partial charge on any atom is -0.338 e. The van der Waals surface area contributed by atoms with Gasteiger partial charge in [0, 0.05) is 29.0 Å². The van der Waals surface area contributed by atoms with Crippen LogP contribution >= 0.6 is 39.1 Å². The van der Waals surface area contributed by atoms with Crippen LogP contribution in [-0.4, -0.2) is 29.8 Å². The lowest BCUT2D eigenvalue weighted by Crippen LogP contribution is -2.28. The molecule has 1 aromatic carbocycles. The summed E-state index contributed by atoms with van der Waals surface area (Å²) < 4.78 is 0.756. The molecule has 0 radical (unpaired) electrons. The van der Waals surface area contributed by atoms with Crippen molar-refractivity contribution in [3.05, 3.63) is 33.3 Å². The van der Waals surface area contributed by atoms with Gasteiger partial charge in [-0.2, -0.15) is 0 Å². The lowest BCUT2D eigenvalue weighted by molar-refractivity contribution is 0.0787. The Hall–Kier alpha value is -0.250. The van der Waals surface area contributed by atoms with Gasteiger partial charge >= 0.3 is 0 Å². The Morgan fingerprint density at radius 3 is 2.94 bits per heavy atom. The molecule has 0 N–H and O–H groups in total. The van der Waals surface area contributed by atoms with Gasteiger partial charge in [0.15, 0.2) is 0 Å². The van der Waals surface area contributed by atoms with Crippen LogP contribution < -0.4 is 0 Å². The Balaban J connectivity index is 2.05. The molecular formula is C13H14BrCl2NO. The highest BCUT2D eigenvalue weighted by Crippen LogP contribution is 2.26. The van der Waals surface area contributed by atoms with E-state index in [1.165, 1.54) is 0 Å². The summed E-state index contributed by atoms with van der Waals surface area (Å²) in [6.45, 7) is 1.63. The zero-order valence-corrected chi connectivity index (χ0v) is 12.9. The van der Waals surface area contributed by atoms with E-state index in [1.54, 1.807) is 18.2 Å².